The fraction of sp³-hybridized carbons (Fsp3) is 0.838. The molecular weight excluding hydrogens is 508 g/mol. The Morgan fingerprint density at radius 1 is 0.610 bits per heavy atom. The van der Waals surface area contributed by atoms with Crippen molar-refractivity contribution in [1.82, 2.24) is 0 Å². The van der Waals surface area contributed by atoms with Crippen molar-refractivity contribution in [2.75, 3.05) is 6.61 Å². The summed E-state index contributed by atoms with van der Waals surface area (Å²) in [6.07, 6.45) is 41.8. The van der Waals surface area contributed by atoms with Crippen LogP contribution in [0.3, 0.4) is 0 Å². The summed E-state index contributed by atoms with van der Waals surface area (Å²) in [6, 6.07) is 0. The Kier molecular flexibility index (Phi) is 31.7. The molecule has 0 fully saturated rings. The third-order valence-electron chi connectivity index (χ3n) is 8.19. The SMILES string of the molecule is C=CCOC(=O)CC(C/C=C/CCCCCCCCCCCCCCCCCCCCCCCCCCC)C(=O)O. The predicted octanol–water partition coefficient (Wildman–Crippen LogP) is 11.9. The van der Waals surface area contributed by atoms with Crippen LogP contribution in [0.2, 0.25) is 0 Å². The van der Waals surface area contributed by atoms with E-state index in [1.54, 1.807) is 0 Å². The summed E-state index contributed by atoms with van der Waals surface area (Å²) in [5.74, 6) is -2.14. The smallest absolute Gasteiger partial charge is 0.307 e. The summed E-state index contributed by atoms with van der Waals surface area (Å²) in [5, 5.41) is 9.29. The summed E-state index contributed by atoms with van der Waals surface area (Å²) in [6.45, 7) is 5.90. The Morgan fingerprint density at radius 3 is 1.32 bits per heavy atom. The molecule has 0 aliphatic carbocycles. The molecule has 1 atom stereocenters. The zero-order valence-electron chi connectivity index (χ0n) is 27.2. The summed E-state index contributed by atoms with van der Waals surface area (Å²) in [5.41, 5.74) is 0. The number of hydrogen-bond donors (Lipinski definition) is 1. The zero-order valence-corrected chi connectivity index (χ0v) is 27.2. The van der Waals surface area contributed by atoms with Gasteiger partial charge in [-0.05, 0) is 19.3 Å². The molecule has 0 aromatic heterocycles. The maximum absolute atomic E-state index is 11.6. The maximum Gasteiger partial charge on any atom is 0.307 e. The standard InChI is InChI=1S/C37H68O4/c1-3-5-6-7-8-9-10-11-12-13-14-15-16-17-18-19-20-21-22-23-24-25-26-27-28-29-30-31-32-35(37(39)40)34-36(38)41-33-4-2/h4,30-31,35H,2-3,5-29,32-34H2,1H3,(H,39,40)/b31-30+. The molecule has 0 aliphatic rings. The molecule has 0 heterocycles. The van der Waals surface area contributed by atoms with Gasteiger partial charge in [-0.3, -0.25) is 9.59 Å². The van der Waals surface area contributed by atoms with Crippen molar-refractivity contribution < 1.29 is 19.4 Å². The molecule has 0 saturated carbocycles. The molecule has 0 spiro atoms. The average Bonchev–Trinajstić information content (AvgIpc) is 2.96. The first-order valence-electron chi connectivity index (χ1n) is 17.8. The quantitative estimate of drug-likeness (QED) is 0.0479. The zero-order chi connectivity index (χ0) is 30.1. The van der Waals surface area contributed by atoms with Crippen LogP contribution in [0.15, 0.2) is 24.8 Å². The van der Waals surface area contributed by atoms with Gasteiger partial charge in [0.1, 0.15) is 6.61 Å². The molecule has 0 aromatic rings. The molecule has 41 heavy (non-hydrogen) atoms. The number of rotatable bonds is 33. The predicted molar refractivity (Wildman–Crippen MR) is 176 cm³/mol. The van der Waals surface area contributed by atoms with Crippen molar-refractivity contribution in [3.05, 3.63) is 24.8 Å². The Bertz CT molecular complexity index is 612. The van der Waals surface area contributed by atoms with E-state index in [9.17, 15) is 14.7 Å². The number of allylic oxidation sites excluding steroid dienone is 2. The van der Waals surface area contributed by atoms with E-state index in [0.717, 1.165) is 12.8 Å². The first kappa shape index (κ1) is 39.4. The lowest BCUT2D eigenvalue weighted by Crippen LogP contribution is -2.19. The van der Waals surface area contributed by atoms with Crippen molar-refractivity contribution in [2.45, 2.75) is 187 Å². The number of carbonyl (C=O) groups is 2. The van der Waals surface area contributed by atoms with Crippen LogP contribution in [0, 0.1) is 5.92 Å². The third kappa shape index (κ3) is 31.2. The molecule has 0 radical (unpaired) electrons. The number of carbonyl (C=O) groups excluding carboxylic acids is 1. The second-order valence-corrected chi connectivity index (χ2v) is 12.2. The van der Waals surface area contributed by atoms with Crippen LogP contribution in [0.4, 0.5) is 0 Å². The molecule has 0 saturated heterocycles. The van der Waals surface area contributed by atoms with Crippen LogP contribution >= 0.6 is 0 Å². The minimum absolute atomic E-state index is 0.0903. The van der Waals surface area contributed by atoms with E-state index in [4.69, 9.17) is 4.74 Å². The minimum atomic E-state index is -0.949. The number of ether oxygens (including phenoxy) is 1. The van der Waals surface area contributed by atoms with Crippen molar-refractivity contribution in [1.29, 1.82) is 0 Å². The first-order chi connectivity index (χ1) is 20.1. The number of hydrogen-bond acceptors (Lipinski definition) is 3. The Balaban J connectivity index is 3.31. The summed E-state index contributed by atoms with van der Waals surface area (Å²) < 4.78 is 4.89. The second-order valence-electron chi connectivity index (χ2n) is 12.2. The number of esters is 1. The molecule has 0 aromatic carbocycles. The van der Waals surface area contributed by atoms with E-state index in [0.29, 0.717) is 6.42 Å². The van der Waals surface area contributed by atoms with E-state index in [1.165, 1.54) is 160 Å². The molecule has 0 rings (SSSR count). The highest BCUT2D eigenvalue weighted by Gasteiger charge is 2.20. The molecule has 240 valence electrons. The monoisotopic (exact) mass is 577 g/mol. The maximum atomic E-state index is 11.6. The van der Waals surface area contributed by atoms with Gasteiger partial charge in [-0.25, -0.2) is 0 Å². The molecule has 1 unspecified atom stereocenters. The number of aliphatic carboxylic acids is 1. The second kappa shape index (κ2) is 32.9. The largest absolute Gasteiger partial charge is 0.481 e. The van der Waals surface area contributed by atoms with Crippen molar-refractivity contribution in [3.63, 3.8) is 0 Å². The highest BCUT2D eigenvalue weighted by Crippen LogP contribution is 2.16. The molecular formula is C37H68O4. The lowest BCUT2D eigenvalue weighted by atomic mass is 10.0. The summed E-state index contributed by atoms with van der Waals surface area (Å²) in [4.78, 5) is 22.9. The molecule has 0 bridgehead atoms. The highest BCUT2D eigenvalue weighted by atomic mass is 16.5. The van der Waals surface area contributed by atoms with Gasteiger partial charge in [0.25, 0.3) is 0 Å². The van der Waals surface area contributed by atoms with Gasteiger partial charge in [0.2, 0.25) is 0 Å². The van der Waals surface area contributed by atoms with Crippen LogP contribution in [-0.2, 0) is 14.3 Å². The van der Waals surface area contributed by atoms with E-state index >= 15 is 0 Å². The highest BCUT2D eigenvalue weighted by molar-refractivity contribution is 5.78. The molecule has 0 aliphatic heterocycles. The number of unbranched alkanes of at least 4 members (excludes halogenated alkanes) is 25. The van der Waals surface area contributed by atoms with Crippen LogP contribution in [0.1, 0.15) is 187 Å². The van der Waals surface area contributed by atoms with Crippen molar-refractivity contribution in [2.24, 2.45) is 5.92 Å². The molecule has 4 nitrogen and oxygen atoms in total. The Morgan fingerprint density at radius 2 is 0.976 bits per heavy atom. The van der Waals surface area contributed by atoms with E-state index in [2.05, 4.69) is 19.6 Å². The van der Waals surface area contributed by atoms with Gasteiger partial charge in [0.15, 0.2) is 0 Å². The number of carboxylic acids is 1. The Labute approximate surface area is 255 Å². The summed E-state index contributed by atoms with van der Waals surface area (Å²) in [7, 11) is 0. The Hall–Kier alpha value is -1.58. The van der Waals surface area contributed by atoms with Gasteiger partial charge in [-0.1, -0.05) is 186 Å². The van der Waals surface area contributed by atoms with Crippen LogP contribution in [0.5, 0.6) is 0 Å². The van der Waals surface area contributed by atoms with E-state index < -0.39 is 17.9 Å². The fourth-order valence-electron chi connectivity index (χ4n) is 5.46. The third-order valence-corrected chi connectivity index (χ3v) is 8.19. The van der Waals surface area contributed by atoms with Crippen LogP contribution < -0.4 is 0 Å². The lowest BCUT2D eigenvalue weighted by Gasteiger charge is -2.09. The van der Waals surface area contributed by atoms with Crippen molar-refractivity contribution >= 4 is 11.9 Å². The normalized spacial score (nSPS) is 12.1. The number of carboxylic acid groups (broad SMARTS) is 1. The van der Waals surface area contributed by atoms with Gasteiger partial charge in [0, 0.05) is 0 Å². The van der Waals surface area contributed by atoms with Gasteiger partial charge in [0.05, 0.1) is 12.3 Å². The van der Waals surface area contributed by atoms with E-state index in [-0.39, 0.29) is 13.0 Å². The van der Waals surface area contributed by atoms with Gasteiger partial charge < -0.3 is 9.84 Å². The van der Waals surface area contributed by atoms with Crippen LogP contribution in [0.25, 0.3) is 0 Å². The van der Waals surface area contributed by atoms with Gasteiger partial charge >= 0.3 is 11.9 Å². The van der Waals surface area contributed by atoms with Gasteiger partial charge in [-0.15, -0.1) is 0 Å². The molecule has 1 N–H and O–H groups in total. The summed E-state index contributed by atoms with van der Waals surface area (Å²) >= 11 is 0. The topological polar surface area (TPSA) is 63.6 Å². The van der Waals surface area contributed by atoms with Crippen molar-refractivity contribution in [3.8, 4) is 0 Å². The fourth-order valence-corrected chi connectivity index (χ4v) is 5.46. The van der Waals surface area contributed by atoms with Crippen LogP contribution in [-0.4, -0.2) is 23.7 Å². The van der Waals surface area contributed by atoms with Gasteiger partial charge in [-0.2, -0.15) is 0 Å². The molecule has 4 heteroatoms. The average molecular weight is 577 g/mol. The lowest BCUT2D eigenvalue weighted by molar-refractivity contribution is -0.150. The minimum Gasteiger partial charge on any atom is -0.481 e. The van der Waals surface area contributed by atoms with E-state index in [1.807, 2.05) is 6.08 Å². The molecule has 0 amide bonds. The first-order valence-corrected chi connectivity index (χ1v) is 17.8.